The average Bonchev–Trinajstić information content (AvgIpc) is 3.22. The number of benzene rings is 1. The number of rotatable bonds is 4. The van der Waals surface area contributed by atoms with Gasteiger partial charge in [-0.05, 0) is 43.5 Å². The largest absolute Gasteiger partial charge is 0.508 e. The minimum atomic E-state index is 0.265. The Hall–Kier alpha value is -3.06. The maximum Gasteiger partial charge on any atom is 0.173 e. The van der Waals surface area contributed by atoms with E-state index in [2.05, 4.69) is 25.1 Å². The van der Waals surface area contributed by atoms with Crippen LogP contribution in [0.25, 0.3) is 11.3 Å². The zero-order valence-corrected chi connectivity index (χ0v) is 16.3. The third-order valence-electron chi connectivity index (χ3n) is 5.66. The number of nitrogens with one attached hydrogen (secondary N) is 1. The molecule has 7 nitrogen and oxygen atoms in total. The summed E-state index contributed by atoms with van der Waals surface area (Å²) < 4.78 is 0. The molecular weight excluding hydrogens is 364 g/mol. The van der Waals surface area contributed by atoms with Crippen molar-refractivity contribution in [3.63, 3.8) is 0 Å². The van der Waals surface area contributed by atoms with Crippen LogP contribution in [0.4, 0.5) is 0 Å². The molecule has 0 unspecified atom stereocenters. The fraction of sp³-hybridized carbons (Fsp3) is 0.364. The van der Waals surface area contributed by atoms with E-state index in [0.29, 0.717) is 0 Å². The SMILES string of the molecule is Oc1ccc(-c2[nH]ncc2CN2CCc3nc(C4=NCCCC4)ncc3C2)cc1. The van der Waals surface area contributed by atoms with Crippen LogP contribution in [0, 0.1) is 0 Å². The van der Waals surface area contributed by atoms with Crippen LogP contribution in [-0.4, -0.2) is 49.0 Å². The molecule has 0 aliphatic carbocycles. The normalized spacial score (nSPS) is 17.0. The van der Waals surface area contributed by atoms with Crippen molar-refractivity contribution in [2.75, 3.05) is 13.1 Å². The number of aliphatic imine (C=N–C) groups is 1. The summed E-state index contributed by atoms with van der Waals surface area (Å²) in [5, 5.41) is 16.9. The van der Waals surface area contributed by atoms with Gasteiger partial charge in [0, 0.05) is 55.5 Å². The van der Waals surface area contributed by atoms with Crippen LogP contribution in [0.1, 0.15) is 41.9 Å². The van der Waals surface area contributed by atoms with Crippen molar-refractivity contribution in [2.45, 2.75) is 38.8 Å². The van der Waals surface area contributed by atoms with E-state index >= 15 is 0 Å². The molecule has 0 saturated heterocycles. The number of hydrogen-bond donors (Lipinski definition) is 2. The number of aromatic amines is 1. The summed E-state index contributed by atoms with van der Waals surface area (Å²) in [6.07, 6.45) is 8.14. The van der Waals surface area contributed by atoms with Crippen molar-refractivity contribution < 1.29 is 5.11 Å². The zero-order chi connectivity index (χ0) is 19.6. The van der Waals surface area contributed by atoms with Crippen molar-refractivity contribution in [1.82, 2.24) is 25.1 Å². The molecule has 7 heteroatoms. The van der Waals surface area contributed by atoms with Crippen molar-refractivity contribution in [3.8, 4) is 17.0 Å². The summed E-state index contributed by atoms with van der Waals surface area (Å²) in [6, 6.07) is 7.20. The number of aromatic hydroxyl groups is 1. The predicted molar refractivity (Wildman–Crippen MR) is 111 cm³/mol. The summed E-state index contributed by atoms with van der Waals surface area (Å²) in [7, 11) is 0. The summed E-state index contributed by atoms with van der Waals surface area (Å²) in [5.41, 5.74) is 6.59. The van der Waals surface area contributed by atoms with E-state index in [1.807, 2.05) is 24.5 Å². The molecule has 148 valence electrons. The van der Waals surface area contributed by atoms with E-state index in [0.717, 1.165) is 73.1 Å². The number of phenolic OH excluding ortho intramolecular Hbond substituents is 1. The van der Waals surface area contributed by atoms with Gasteiger partial charge in [-0.15, -0.1) is 0 Å². The Morgan fingerprint density at radius 2 is 1.97 bits per heavy atom. The molecule has 2 aromatic heterocycles. The quantitative estimate of drug-likeness (QED) is 0.717. The number of aromatic nitrogens is 4. The molecule has 0 amide bonds. The summed E-state index contributed by atoms with van der Waals surface area (Å²) in [6.45, 7) is 3.50. The second-order valence-electron chi connectivity index (χ2n) is 7.73. The molecule has 2 N–H and O–H groups in total. The molecule has 29 heavy (non-hydrogen) atoms. The summed E-state index contributed by atoms with van der Waals surface area (Å²) in [5.74, 6) is 1.09. The monoisotopic (exact) mass is 388 g/mol. The van der Waals surface area contributed by atoms with Gasteiger partial charge in [0.05, 0.1) is 23.3 Å². The highest BCUT2D eigenvalue weighted by atomic mass is 16.3. The zero-order valence-electron chi connectivity index (χ0n) is 16.3. The second kappa shape index (κ2) is 7.75. The average molecular weight is 388 g/mol. The highest BCUT2D eigenvalue weighted by Gasteiger charge is 2.21. The number of H-pyrrole nitrogens is 1. The van der Waals surface area contributed by atoms with E-state index < -0.39 is 0 Å². The molecule has 0 bridgehead atoms. The first-order valence-corrected chi connectivity index (χ1v) is 10.2. The van der Waals surface area contributed by atoms with E-state index in [1.165, 1.54) is 18.4 Å². The van der Waals surface area contributed by atoms with Gasteiger partial charge in [0.15, 0.2) is 5.82 Å². The lowest BCUT2D eigenvalue weighted by Gasteiger charge is -2.28. The highest BCUT2D eigenvalue weighted by molar-refractivity contribution is 5.97. The first-order chi connectivity index (χ1) is 14.3. The third kappa shape index (κ3) is 3.78. The van der Waals surface area contributed by atoms with Gasteiger partial charge in [-0.2, -0.15) is 5.10 Å². The molecule has 1 aromatic carbocycles. The molecule has 4 heterocycles. The minimum Gasteiger partial charge on any atom is -0.508 e. The van der Waals surface area contributed by atoms with Crippen molar-refractivity contribution in [3.05, 3.63) is 59.3 Å². The van der Waals surface area contributed by atoms with Gasteiger partial charge in [0.25, 0.3) is 0 Å². The van der Waals surface area contributed by atoms with Gasteiger partial charge in [-0.1, -0.05) is 0 Å². The molecular formula is C22H24N6O. The van der Waals surface area contributed by atoms with Gasteiger partial charge in [-0.3, -0.25) is 15.0 Å². The number of fused-ring (bicyclic) bond motifs is 1. The Balaban J connectivity index is 1.31. The lowest BCUT2D eigenvalue weighted by molar-refractivity contribution is 0.243. The fourth-order valence-electron chi connectivity index (χ4n) is 4.08. The van der Waals surface area contributed by atoms with Crippen molar-refractivity contribution >= 4 is 5.71 Å². The lowest BCUT2D eigenvalue weighted by Crippen LogP contribution is -2.31. The molecule has 3 aromatic rings. The number of phenols is 1. The van der Waals surface area contributed by atoms with Crippen LogP contribution in [0.15, 0.2) is 41.7 Å². The summed E-state index contributed by atoms with van der Waals surface area (Å²) in [4.78, 5) is 16.5. The first-order valence-electron chi connectivity index (χ1n) is 10.2. The fourth-order valence-corrected chi connectivity index (χ4v) is 4.08. The molecule has 0 radical (unpaired) electrons. The smallest absolute Gasteiger partial charge is 0.173 e. The maximum atomic E-state index is 9.53. The van der Waals surface area contributed by atoms with Gasteiger partial charge >= 0.3 is 0 Å². The molecule has 0 spiro atoms. The van der Waals surface area contributed by atoms with Crippen LogP contribution in [0.3, 0.4) is 0 Å². The molecule has 2 aliphatic heterocycles. The van der Waals surface area contributed by atoms with Crippen LogP contribution in [0.5, 0.6) is 5.75 Å². The van der Waals surface area contributed by atoms with Gasteiger partial charge < -0.3 is 5.11 Å². The maximum absolute atomic E-state index is 9.53. The van der Waals surface area contributed by atoms with Crippen LogP contribution < -0.4 is 0 Å². The first kappa shape index (κ1) is 18.0. The topological polar surface area (TPSA) is 90.3 Å². The van der Waals surface area contributed by atoms with E-state index in [-0.39, 0.29) is 5.75 Å². The van der Waals surface area contributed by atoms with Crippen LogP contribution >= 0.6 is 0 Å². The van der Waals surface area contributed by atoms with E-state index in [9.17, 15) is 5.11 Å². The molecule has 2 aliphatic rings. The lowest BCUT2D eigenvalue weighted by atomic mass is 10.0. The Kier molecular flexibility index (Phi) is 4.81. The predicted octanol–water partition coefficient (Wildman–Crippen LogP) is 3.10. The molecule has 0 fully saturated rings. The number of nitrogens with zero attached hydrogens (tertiary/aromatic N) is 5. The standard InChI is InChI=1S/C22H24N6O/c29-18-6-4-15(5-7-18)21-17(12-25-27-21)14-28-10-8-19-16(13-28)11-24-22(26-19)20-3-1-2-9-23-20/h4-7,11-12,29H,1-3,8-10,13-14H2,(H,25,27). The minimum absolute atomic E-state index is 0.265. The third-order valence-corrected chi connectivity index (χ3v) is 5.66. The molecule has 5 rings (SSSR count). The Labute approximate surface area is 169 Å². The highest BCUT2D eigenvalue weighted by Crippen LogP contribution is 2.26. The molecule has 0 atom stereocenters. The van der Waals surface area contributed by atoms with Gasteiger partial charge in [0.2, 0.25) is 0 Å². The van der Waals surface area contributed by atoms with Gasteiger partial charge in [0.1, 0.15) is 5.75 Å². The van der Waals surface area contributed by atoms with E-state index in [1.54, 1.807) is 12.1 Å². The Bertz CT molecular complexity index is 1040. The number of hydrogen-bond acceptors (Lipinski definition) is 6. The summed E-state index contributed by atoms with van der Waals surface area (Å²) >= 11 is 0. The Morgan fingerprint density at radius 3 is 2.79 bits per heavy atom. The Morgan fingerprint density at radius 1 is 1.07 bits per heavy atom. The second-order valence-corrected chi connectivity index (χ2v) is 7.73. The van der Waals surface area contributed by atoms with Gasteiger partial charge in [-0.25, -0.2) is 9.97 Å². The molecule has 0 saturated carbocycles. The van der Waals surface area contributed by atoms with Crippen LogP contribution in [0.2, 0.25) is 0 Å². The van der Waals surface area contributed by atoms with Crippen molar-refractivity contribution in [2.24, 2.45) is 4.99 Å². The van der Waals surface area contributed by atoms with Crippen molar-refractivity contribution in [1.29, 1.82) is 0 Å². The van der Waals surface area contributed by atoms with E-state index in [4.69, 9.17) is 4.98 Å². The van der Waals surface area contributed by atoms with Crippen LogP contribution in [-0.2, 0) is 19.5 Å².